The third-order valence-electron chi connectivity index (χ3n) is 2.98. The monoisotopic (exact) mass is 361 g/mol. The number of benzene rings is 1. The van der Waals surface area contributed by atoms with Crippen molar-refractivity contribution in [1.82, 2.24) is 15.2 Å². The normalized spacial score (nSPS) is 10.4. The first-order valence-electron chi connectivity index (χ1n) is 6.54. The highest BCUT2D eigenvalue weighted by atomic mass is 35.5. The van der Waals surface area contributed by atoms with Gasteiger partial charge in [-0.2, -0.15) is 0 Å². The van der Waals surface area contributed by atoms with E-state index in [1.54, 1.807) is 24.5 Å². The maximum Gasteiger partial charge on any atom is 0.288 e. The molecule has 2 aromatic heterocycles. The molecule has 1 aromatic carbocycles. The van der Waals surface area contributed by atoms with Crippen LogP contribution in [-0.2, 0) is 0 Å². The molecule has 0 aliphatic rings. The van der Waals surface area contributed by atoms with Crippen molar-refractivity contribution in [3.8, 4) is 10.6 Å². The Morgan fingerprint density at radius 3 is 2.67 bits per heavy atom. The van der Waals surface area contributed by atoms with Crippen molar-refractivity contribution < 1.29 is 9.72 Å². The Kier molecular flexibility index (Phi) is 4.45. The van der Waals surface area contributed by atoms with Crippen molar-refractivity contribution in [2.24, 2.45) is 0 Å². The average Bonchev–Trinajstić information content (AvgIpc) is 3.04. The van der Waals surface area contributed by atoms with Crippen LogP contribution in [0.1, 0.15) is 10.4 Å². The lowest BCUT2D eigenvalue weighted by Crippen LogP contribution is -2.12. The van der Waals surface area contributed by atoms with Gasteiger partial charge in [-0.1, -0.05) is 22.9 Å². The van der Waals surface area contributed by atoms with E-state index in [2.05, 4.69) is 20.5 Å². The Labute approximate surface area is 144 Å². The van der Waals surface area contributed by atoms with Crippen LogP contribution in [0.15, 0.2) is 42.7 Å². The summed E-state index contributed by atoms with van der Waals surface area (Å²) >= 11 is 6.91. The van der Waals surface area contributed by atoms with E-state index in [0.717, 1.165) is 11.6 Å². The third kappa shape index (κ3) is 3.36. The summed E-state index contributed by atoms with van der Waals surface area (Å²) in [7, 11) is 0. The fourth-order valence-corrected chi connectivity index (χ4v) is 2.78. The maximum atomic E-state index is 12.2. The number of amides is 1. The molecule has 0 bridgehead atoms. The van der Waals surface area contributed by atoms with E-state index >= 15 is 0 Å². The zero-order chi connectivity index (χ0) is 17.1. The first-order valence-corrected chi connectivity index (χ1v) is 7.73. The maximum absolute atomic E-state index is 12.2. The number of rotatable bonds is 4. The molecule has 8 nitrogen and oxygen atoms in total. The van der Waals surface area contributed by atoms with Crippen LogP contribution >= 0.6 is 22.9 Å². The summed E-state index contributed by atoms with van der Waals surface area (Å²) in [6.45, 7) is 0. The van der Waals surface area contributed by atoms with Crippen molar-refractivity contribution in [2.45, 2.75) is 0 Å². The van der Waals surface area contributed by atoms with Crippen LogP contribution in [0, 0.1) is 10.1 Å². The fraction of sp³-hybridized carbons (Fsp3) is 0. The zero-order valence-electron chi connectivity index (χ0n) is 11.8. The summed E-state index contributed by atoms with van der Waals surface area (Å²) in [5.74, 6) is -0.535. The molecule has 10 heteroatoms. The first kappa shape index (κ1) is 16.0. The van der Waals surface area contributed by atoms with E-state index in [0.29, 0.717) is 5.01 Å². The highest BCUT2D eigenvalue weighted by molar-refractivity contribution is 7.18. The minimum atomic E-state index is -0.647. The third-order valence-corrected chi connectivity index (χ3v) is 4.19. The van der Waals surface area contributed by atoms with E-state index in [9.17, 15) is 14.9 Å². The number of nitro groups is 1. The largest absolute Gasteiger partial charge is 0.296 e. The summed E-state index contributed by atoms with van der Waals surface area (Å²) in [5.41, 5.74) is 0.593. The van der Waals surface area contributed by atoms with Crippen LogP contribution in [0.4, 0.5) is 10.8 Å². The minimum absolute atomic E-state index is 0.0348. The summed E-state index contributed by atoms with van der Waals surface area (Å²) < 4.78 is 0. The van der Waals surface area contributed by atoms with Gasteiger partial charge in [0.15, 0.2) is 0 Å². The molecule has 0 aliphatic heterocycles. The van der Waals surface area contributed by atoms with Crippen molar-refractivity contribution >= 4 is 39.7 Å². The summed E-state index contributed by atoms with van der Waals surface area (Å²) in [5, 5.41) is 22.2. The number of hydrogen-bond donors (Lipinski definition) is 1. The molecule has 0 radical (unpaired) electrons. The van der Waals surface area contributed by atoms with Gasteiger partial charge in [0.2, 0.25) is 5.13 Å². The average molecular weight is 362 g/mol. The van der Waals surface area contributed by atoms with Crippen LogP contribution in [0.3, 0.4) is 0 Å². The van der Waals surface area contributed by atoms with Crippen LogP contribution in [-0.4, -0.2) is 26.0 Å². The molecule has 24 heavy (non-hydrogen) atoms. The van der Waals surface area contributed by atoms with Crippen molar-refractivity contribution in [2.75, 3.05) is 5.32 Å². The molecule has 0 spiro atoms. The number of nitro benzene ring substituents is 1. The van der Waals surface area contributed by atoms with Gasteiger partial charge in [-0.05, 0) is 24.3 Å². The summed E-state index contributed by atoms with van der Waals surface area (Å²) in [6, 6.07) is 7.36. The van der Waals surface area contributed by atoms with Gasteiger partial charge < -0.3 is 0 Å². The van der Waals surface area contributed by atoms with E-state index < -0.39 is 10.8 Å². The van der Waals surface area contributed by atoms with Gasteiger partial charge in [0.25, 0.3) is 11.6 Å². The standard InChI is InChI=1S/C14H8ClN5O3S/c15-10-2-1-9(7-11(10)20(22)23)12(21)17-14-19-18-13(24-14)8-3-5-16-6-4-8/h1-7H,(H,17,19,21). The van der Waals surface area contributed by atoms with Gasteiger partial charge in [0.1, 0.15) is 10.0 Å². The number of halogens is 1. The lowest BCUT2D eigenvalue weighted by atomic mass is 10.2. The van der Waals surface area contributed by atoms with Gasteiger partial charge >= 0.3 is 0 Å². The van der Waals surface area contributed by atoms with E-state index in [4.69, 9.17) is 11.6 Å². The molecule has 3 aromatic rings. The minimum Gasteiger partial charge on any atom is -0.296 e. The number of pyridine rings is 1. The Hall–Kier alpha value is -2.91. The highest BCUT2D eigenvalue weighted by Crippen LogP contribution is 2.28. The number of aromatic nitrogens is 3. The molecule has 0 fully saturated rings. The second kappa shape index (κ2) is 6.69. The molecule has 0 saturated heterocycles. The molecular formula is C14H8ClN5O3S. The molecular weight excluding hydrogens is 354 g/mol. The van der Waals surface area contributed by atoms with E-state index in [1.807, 2.05) is 0 Å². The van der Waals surface area contributed by atoms with Crippen LogP contribution < -0.4 is 5.32 Å². The molecule has 120 valence electrons. The Morgan fingerprint density at radius 2 is 1.96 bits per heavy atom. The SMILES string of the molecule is O=C(Nc1nnc(-c2ccncc2)s1)c1ccc(Cl)c([N+](=O)[O-])c1. The number of carbonyl (C=O) groups excluding carboxylic acids is 1. The quantitative estimate of drug-likeness (QED) is 0.563. The van der Waals surface area contributed by atoms with E-state index in [-0.39, 0.29) is 21.4 Å². The number of anilines is 1. The van der Waals surface area contributed by atoms with Crippen LogP contribution in [0.25, 0.3) is 10.6 Å². The van der Waals surface area contributed by atoms with Crippen molar-refractivity contribution in [3.63, 3.8) is 0 Å². The Balaban J connectivity index is 1.80. The molecule has 0 atom stereocenters. The van der Waals surface area contributed by atoms with Gasteiger partial charge in [-0.25, -0.2) is 0 Å². The Bertz CT molecular complexity index is 916. The fourth-order valence-electron chi connectivity index (χ4n) is 1.85. The van der Waals surface area contributed by atoms with Crippen molar-refractivity contribution in [3.05, 3.63) is 63.4 Å². The molecule has 0 unspecified atom stereocenters. The van der Waals surface area contributed by atoms with Gasteiger partial charge in [0, 0.05) is 29.6 Å². The van der Waals surface area contributed by atoms with Gasteiger partial charge in [-0.15, -0.1) is 10.2 Å². The second-order valence-electron chi connectivity index (χ2n) is 4.53. The molecule has 3 rings (SSSR count). The lowest BCUT2D eigenvalue weighted by Gasteiger charge is -2.02. The molecule has 0 saturated carbocycles. The molecule has 2 heterocycles. The first-order chi connectivity index (χ1) is 11.5. The van der Waals surface area contributed by atoms with Gasteiger partial charge in [0.05, 0.1) is 4.92 Å². The summed E-state index contributed by atoms with van der Waals surface area (Å²) in [6.07, 6.45) is 3.25. The molecule has 0 aliphatic carbocycles. The zero-order valence-corrected chi connectivity index (χ0v) is 13.4. The van der Waals surface area contributed by atoms with E-state index in [1.165, 1.54) is 23.5 Å². The van der Waals surface area contributed by atoms with Gasteiger partial charge in [-0.3, -0.25) is 25.2 Å². The molecule has 1 N–H and O–H groups in total. The smallest absolute Gasteiger partial charge is 0.288 e. The van der Waals surface area contributed by atoms with Crippen molar-refractivity contribution in [1.29, 1.82) is 0 Å². The predicted molar refractivity (Wildman–Crippen MR) is 89.2 cm³/mol. The van der Waals surface area contributed by atoms with Crippen LogP contribution in [0.5, 0.6) is 0 Å². The Morgan fingerprint density at radius 1 is 1.21 bits per heavy atom. The number of nitrogens with one attached hydrogen (secondary N) is 1. The topological polar surface area (TPSA) is 111 Å². The number of nitrogens with zero attached hydrogens (tertiary/aromatic N) is 4. The lowest BCUT2D eigenvalue weighted by molar-refractivity contribution is -0.384. The molecule has 1 amide bonds. The summed E-state index contributed by atoms with van der Waals surface area (Å²) in [4.78, 5) is 26.3. The second-order valence-corrected chi connectivity index (χ2v) is 5.91. The predicted octanol–water partition coefficient (Wildman–Crippen LogP) is 3.41. The highest BCUT2D eigenvalue weighted by Gasteiger charge is 2.17. The number of hydrogen-bond acceptors (Lipinski definition) is 7. The number of carbonyl (C=O) groups is 1. The van der Waals surface area contributed by atoms with Crippen LogP contribution in [0.2, 0.25) is 5.02 Å².